The van der Waals surface area contributed by atoms with Crippen molar-refractivity contribution in [2.75, 3.05) is 27.2 Å². The average molecular weight is 278 g/mol. The summed E-state index contributed by atoms with van der Waals surface area (Å²) in [6.07, 6.45) is -0.843. The zero-order valence-corrected chi connectivity index (χ0v) is 11.1. The molecule has 0 saturated heterocycles. The normalized spacial score (nSPS) is 14.1. The number of aliphatic hydroxyl groups excluding tert-OH is 2. The summed E-state index contributed by atoms with van der Waals surface area (Å²) in [5.74, 6) is 0.445. The lowest BCUT2D eigenvalue weighted by molar-refractivity contribution is 0.0937. The van der Waals surface area contributed by atoms with Crippen molar-refractivity contribution in [2.45, 2.75) is 17.7 Å². The summed E-state index contributed by atoms with van der Waals surface area (Å²) in [5.41, 5.74) is 0. The lowest BCUT2D eigenvalue weighted by Crippen LogP contribution is -2.28. The summed E-state index contributed by atoms with van der Waals surface area (Å²) in [6, 6.07) is 2.93. The van der Waals surface area contributed by atoms with Crippen molar-refractivity contribution in [1.82, 2.24) is 9.62 Å². The predicted octanol–water partition coefficient (Wildman–Crippen LogP) is -1.03. The molecule has 1 aromatic heterocycles. The lowest BCUT2D eigenvalue weighted by Gasteiger charge is -2.08. The van der Waals surface area contributed by atoms with Crippen LogP contribution in [-0.4, -0.2) is 56.3 Å². The average Bonchev–Trinajstić information content (AvgIpc) is 2.77. The van der Waals surface area contributed by atoms with Crippen LogP contribution < -0.4 is 5.32 Å². The van der Waals surface area contributed by atoms with E-state index in [1.165, 1.54) is 20.2 Å². The van der Waals surface area contributed by atoms with Gasteiger partial charge < -0.3 is 19.9 Å². The van der Waals surface area contributed by atoms with Gasteiger partial charge in [-0.1, -0.05) is 0 Å². The van der Waals surface area contributed by atoms with E-state index >= 15 is 0 Å². The summed E-state index contributed by atoms with van der Waals surface area (Å²) < 4.78 is 29.7. The van der Waals surface area contributed by atoms with Crippen LogP contribution in [0.1, 0.15) is 5.76 Å². The van der Waals surface area contributed by atoms with Gasteiger partial charge in [0.15, 0.2) is 0 Å². The molecule has 7 nitrogen and oxygen atoms in total. The molecule has 8 heteroatoms. The van der Waals surface area contributed by atoms with E-state index in [1.807, 2.05) is 0 Å². The second kappa shape index (κ2) is 6.30. The first-order chi connectivity index (χ1) is 8.37. The van der Waals surface area contributed by atoms with Gasteiger partial charge >= 0.3 is 0 Å². The van der Waals surface area contributed by atoms with Gasteiger partial charge in [-0.2, -0.15) is 0 Å². The van der Waals surface area contributed by atoms with Crippen molar-refractivity contribution < 1.29 is 23.0 Å². The first-order valence-electron chi connectivity index (χ1n) is 5.38. The molecule has 0 aliphatic carbocycles. The number of rotatable bonds is 7. The van der Waals surface area contributed by atoms with Gasteiger partial charge in [-0.15, -0.1) is 0 Å². The first-order valence-corrected chi connectivity index (χ1v) is 6.83. The van der Waals surface area contributed by atoms with Crippen LogP contribution in [0.25, 0.3) is 0 Å². The predicted molar refractivity (Wildman–Crippen MR) is 64.4 cm³/mol. The zero-order valence-electron chi connectivity index (χ0n) is 10.3. The maximum absolute atomic E-state index is 11.7. The van der Waals surface area contributed by atoms with Crippen LogP contribution in [0.5, 0.6) is 0 Å². The third-order valence-electron chi connectivity index (χ3n) is 2.26. The van der Waals surface area contributed by atoms with Crippen molar-refractivity contribution in [3.8, 4) is 0 Å². The first kappa shape index (κ1) is 15.1. The Labute approximate surface area is 106 Å². The summed E-state index contributed by atoms with van der Waals surface area (Å²) >= 11 is 0. The van der Waals surface area contributed by atoms with E-state index in [4.69, 9.17) is 14.6 Å². The number of aliphatic hydroxyl groups is 2. The Balaban J connectivity index is 2.59. The number of nitrogens with zero attached hydrogens (tertiary/aromatic N) is 1. The number of sulfonamides is 1. The van der Waals surface area contributed by atoms with Gasteiger partial charge in [0.05, 0.1) is 19.3 Å². The third kappa shape index (κ3) is 3.79. The van der Waals surface area contributed by atoms with Crippen LogP contribution >= 0.6 is 0 Å². The molecule has 0 aliphatic rings. The molecule has 1 aromatic rings. The third-order valence-corrected chi connectivity index (χ3v) is 3.95. The van der Waals surface area contributed by atoms with Crippen molar-refractivity contribution in [1.29, 1.82) is 0 Å². The molecular weight excluding hydrogens is 260 g/mol. The largest absolute Gasteiger partial charge is 0.447 e. The molecule has 0 aromatic carbocycles. The van der Waals surface area contributed by atoms with Crippen molar-refractivity contribution in [3.63, 3.8) is 0 Å². The Morgan fingerprint density at radius 2 is 2.11 bits per heavy atom. The molecule has 0 bridgehead atoms. The Morgan fingerprint density at radius 1 is 1.44 bits per heavy atom. The van der Waals surface area contributed by atoms with E-state index in [2.05, 4.69) is 5.32 Å². The molecular formula is C10H18N2O5S. The van der Waals surface area contributed by atoms with Crippen LogP contribution in [-0.2, 0) is 16.6 Å². The maximum Gasteiger partial charge on any atom is 0.275 e. The van der Waals surface area contributed by atoms with E-state index in [0.29, 0.717) is 5.76 Å². The standard InChI is InChI=1S/C10H18N2O5S/c1-12(2)18(15,16)10-4-3-9(17-10)6-11-5-8(14)7-13/h3-4,8,11,13-14H,5-7H2,1-2H3. The fourth-order valence-electron chi connectivity index (χ4n) is 1.20. The van der Waals surface area contributed by atoms with Crippen LogP contribution in [0.3, 0.4) is 0 Å². The molecule has 0 saturated carbocycles. The summed E-state index contributed by atoms with van der Waals surface area (Å²) in [4.78, 5) is 0. The quantitative estimate of drug-likeness (QED) is 0.589. The smallest absolute Gasteiger partial charge is 0.275 e. The van der Waals surface area contributed by atoms with Gasteiger partial charge in [0, 0.05) is 20.6 Å². The highest BCUT2D eigenvalue weighted by atomic mass is 32.2. The van der Waals surface area contributed by atoms with Crippen LogP contribution in [0.15, 0.2) is 21.6 Å². The maximum atomic E-state index is 11.7. The highest BCUT2D eigenvalue weighted by molar-refractivity contribution is 7.88. The molecule has 1 rings (SSSR count). The molecule has 0 aliphatic heterocycles. The van der Waals surface area contributed by atoms with Gasteiger partial charge in [-0.25, -0.2) is 12.7 Å². The molecule has 1 heterocycles. The van der Waals surface area contributed by atoms with Crippen molar-refractivity contribution in [2.24, 2.45) is 0 Å². The Hall–Kier alpha value is -0.930. The minimum Gasteiger partial charge on any atom is -0.447 e. The number of furan rings is 1. The summed E-state index contributed by atoms with van der Waals surface area (Å²) in [5, 5.41) is 20.4. The van der Waals surface area contributed by atoms with Gasteiger partial charge in [-0.05, 0) is 12.1 Å². The fourth-order valence-corrected chi connectivity index (χ4v) is 2.01. The fraction of sp³-hybridized carbons (Fsp3) is 0.600. The van der Waals surface area contributed by atoms with Gasteiger partial charge in [0.2, 0.25) is 5.09 Å². The minimum atomic E-state index is -3.55. The van der Waals surface area contributed by atoms with E-state index in [-0.39, 0.29) is 24.8 Å². The zero-order chi connectivity index (χ0) is 13.8. The Kier molecular flexibility index (Phi) is 5.29. The van der Waals surface area contributed by atoms with Crippen LogP contribution in [0, 0.1) is 0 Å². The van der Waals surface area contributed by atoms with Crippen LogP contribution in [0.2, 0.25) is 0 Å². The van der Waals surface area contributed by atoms with Gasteiger partial charge in [0.1, 0.15) is 5.76 Å². The van der Waals surface area contributed by atoms with E-state index in [9.17, 15) is 8.42 Å². The highest BCUT2D eigenvalue weighted by Crippen LogP contribution is 2.16. The van der Waals surface area contributed by atoms with E-state index in [1.54, 1.807) is 6.07 Å². The van der Waals surface area contributed by atoms with Gasteiger partial charge in [-0.3, -0.25) is 0 Å². The van der Waals surface area contributed by atoms with E-state index in [0.717, 1.165) is 4.31 Å². The summed E-state index contributed by atoms with van der Waals surface area (Å²) in [7, 11) is -0.705. The lowest BCUT2D eigenvalue weighted by atomic mass is 10.3. The number of nitrogens with one attached hydrogen (secondary N) is 1. The number of hydrogen-bond acceptors (Lipinski definition) is 6. The second-order valence-corrected chi connectivity index (χ2v) is 6.06. The van der Waals surface area contributed by atoms with Crippen LogP contribution in [0.4, 0.5) is 0 Å². The van der Waals surface area contributed by atoms with E-state index < -0.39 is 16.1 Å². The van der Waals surface area contributed by atoms with Crippen molar-refractivity contribution in [3.05, 3.63) is 17.9 Å². The Bertz CT molecular complexity index is 468. The molecule has 18 heavy (non-hydrogen) atoms. The molecule has 104 valence electrons. The molecule has 0 amide bonds. The number of hydrogen-bond donors (Lipinski definition) is 3. The van der Waals surface area contributed by atoms with Crippen molar-refractivity contribution >= 4 is 10.0 Å². The molecule has 0 fully saturated rings. The monoisotopic (exact) mass is 278 g/mol. The minimum absolute atomic E-state index is 0.119. The molecule has 0 radical (unpaired) electrons. The molecule has 1 atom stereocenters. The second-order valence-electron chi connectivity index (χ2n) is 3.98. The topological polar surface area (TPSA) is 103 Å². The highest BCUT2D eigenvalue weighted by Gasteiger charge is 2.21. The van der Waals surface area contributed by atoms with Gasteiger partial charge in [0.25, 0.3) is 10.0 Å². The molecule has 1 unspecified atom stereocenters. The summed E-state index contributed by atoms with van der Waals surface area (Å²) in [6.45, 7) is 0.151. The molecule has 3 N–H and O–H groups in total. The Morgan fingerprint density at radius 3 is 2.67 bits per heavy atom. The SMILES string of the molecule is CN(C)S(=O)(=O)c1ccc(CNCC(O)CO)o1. The molecule has 0 spiro atoms.